The Kier molecular flexibility index (Phi) is 12.9. The van der Waals surface area contributed by atoms with Crippen molar-refractivity contribution < 1.29 is 63.5 Å². The third kappa shape index (κ3) is 9.15. The molecule has 0 aromatic heterocycles. The van der Waals surface area contributed by atoms with E-state index < -0.39 is 71.7 Å². The van der Waals surface area contributed by atoms with E-state index in [4.69, 9.17) is 33.2 Å². The van der Waals surface area contributed by atoms with Gasteiger partial charge in [-0.3, -0.25) is 0 Å². The highest BCUT2D eigenvalue weighted by molar-refractivity contribution is 5.76. The molecule has 0 unspecified atom stereocenters. The summed E-state index contributed by atoms with van der Waals surface area (Å²) >= 11 is 0. The monoisotopic (exact) mass is 804 g/mol. The smallest absolute Gasteiger partial charge is 0.335 e. The van der Waals surface area contributed by atoms with Gasteiger partial charge in [0, 0.05) is 38.0 Å². The van der Waals surface area contributed by atoms with Crippen LogP contribution in [0.5, 0.6) is 0 Å². The summed E-state index contributed by atoms with van der Waals surface area (Å²) < 4.78 is 45.2. The van der Waals surface area contributed by atoms with Crippen LogP contribution in [0.2, 0.25) is 0 Å². The van der Waals surface area contributed by atoms with Crippen LogP contribution in [0.3, 0.4) is 0 Å². The van der Waals surface area contributed by atoms with Gasteiger partial charge < -0.3 is 58.7 Å². The van der Waals surface area contributed by atoms with Crippen LogP contribution in [0.1, 0.15) is 125 Å². The summed E-state index contributed by atoms with van der Waals surface area (Å²) in [5.74, 6) is -3.82. The first-order chi connectivity index (χ1) is 26.9. The Morgan fingerprint density at radius 3 is 2.49 bits per heavy atom. The molecule has 7 rings (SSSR count). The lowest BCUT2D eigenvalue weighted by Gasteiger charge is -2.50. The third-order valence-electron chi connectivity index (χ3n) is 14.0. The van der Waals surface area contributed by atoms with E-state index in [-0.39, 0.29) is 36.6 Å². The van der Waals surface area contributed by atoms with E-state index >= 15 is 0 Å². The molecule has 7 aliphatic rings. The highest BCUT2D eigenvalue weighted by Crippen LogP contribution is 2.47. The summed E-state index contributed by atoms with van der Waals surface area (Å²) in [5.41, 5.74) is -0.551. The zero-order valence-electron chi connectivity index (χ0n) is 34.6. The summed E-state index contributed by atoms with van der Waals surface area (Å²) in [6.45, 7) is 14.5. The Hall–Kier alpha value is -1.75. The van der Waals surface area contributed by atoms with Crippen LogP contribution in [0, 0.1) is 17.8 Å². The molecule has 6 saturated heterocycles. The molecule has 13 nitrogen and oxygen atoms in total. The minimum atomic E-state index is -1.96. The highest BCUT2D eigenvalue weighted by atomic mass is 16.7. The first-order valence-electron chi connectivity index (χ1n) is 21.7. The van der Waals surface area contributed by atoms with Gasteiger partial charge in [0.2, 0.25) is 5.79 Å². The van der Waals surface area contributed by atoms with Crippen molar-refractivity contribution >= 4 is 5.97 Å². The topological polar surface area (TPSA) is 183 Å². The second-order valence-corrected chi connectivity index (χ2v) is 18.9. The molecule has 5 N–H and O–H groups in total. The Morgan fingerprint density at radius 1 is 1.00 bits per heavy atom. The number of aliphatic carboxylic acids is 1. The molecule has 0 bridgehead atoms. The fourth-order valence-electron chi connectivity index (χ4n) is 10.5. The highest BCUT2D eigenvalue weighted by Gasteiger charge is 2.55. The molecule has 0 aromatic rings. The quantitative estimate of drug-likeness (QED) is 0.182. The van der Waals surface area contributed by atoms with E-state index in [0.29, 0.717) is 56.4 Å². The third-order valence-corrected chi connectivity index (χ3v) is 14.0. The molecule has 17 atom stereocenters. The van der Waals surface area contributed by atoms with E-state index in [1.165, 1.54) is 6.92 Å². The molecule has 57 heavy (non-hydrogen) atoms. The SMILES string of the molecule is C=C1[C@@H](O)[C@@H]2O[C@]3(CC[C@H](/C=C/[C@@H](C)[C@@H]4CC(C)=C[C@@]5(O[C@H](C[C@@](C)(O)C(=O)O)CC[C@@H]5O)O4)O3)CC[C@H]2O[C@@H]1[C@@H](O)C[C@H](C)[C@H]1O[C@@]2(CCCCO2)CC[C@H]1C. The number of aliphatic hydroxyl groups excluding tert-OH is 3. The van der Waals surface area contributed by atoms with Crippen LogP contribution < -0.4 is 0 Å². The molecule has 0 amide bonds. The molecule has 0 aromatic carbocycles. The summed E-state index contributed by atoms with van der Waals surface area (Å²) in [4.78, 5) is 11.6. The Balaban J connectivity index is 0.920. The number of aliphatic hydroxyl groups is 4. The van der Waals surface area contributed by atoms with E-state index in [9.17, 15) is 30.3 Å². The van der Waals surface area contributed by atoms with Gasteiger partial charge in [0.15, 0.2) is 17.2 Å². The number of carboxylic acid groups (broad SMARTS) is 1. The Bertz CT molecular complexity index is 1510. The van der Waals surface area contributed by atoms with Gasteiger partial charge in [-0.25, -0.2) is 4.79 Å². The van der Waals surface area contributed by atoms with Crippen LogP contribution >= 0.6 is 0 Å². The first-order valence-corrected chi connectivity index (χ1v) is 21.7. The number of carboxylic acids is 1. The van der Waals surface area contributed by atoms with Crippen molar-refractivity contribution in [1.82, 2.24) is 0 Å². The van der Waals surface area contributed by atoms with Crippen molar-refractivity contribution in [2.45, 2.75) is 209 Å². The first kappa shape index (κ1) is 43.3. The molecule has 322 valence electrons. The van der Waals surface area contributed by atoms with Crippen LogP contribution in [-0.2, 0) is 38.0 Å². The molecule has 13 heteroatoms. The van der Waals surface area contributed by atoms with E-state index in [1.807, 2.05) is 19.9 Å². The van der Waals surface area contributed by atoms with Gasteiger partial charge in [0.1, 0.15) is 24.4 Å². The molecular formula is C44H68O13. The number of ether oxygens (including phenoxy) is 7. The average molecular weight is 805 g/mol. The fourth-order valence-corrected chi connectivity index (χ4v) is 10.5. The van der Waals surface area contributed by atoms with Gasteiger partial charge in [-0.15, -0.1) is 0 Å². The summed E-state index contributed by atoms with van der Waals surface area (Å²) in [5, 5.41) is 54.0. The lowest BCUT2D eigenvalue weighted by atomic mass is 9.79. The van der Waals surface area contributed by atoms with E-state index in [2.05, 4.69) is 26.5 Å². The number of fused-ring (bicyclic) bond motifs is 1. The van der Waals surface area contributed by atoms with Crippen molar-refractivity contribution in [2.24, 2.45) is 17.8 Å². The van der Waals surface area contributed by atoms with Gasteiger partial charge in [0.25, 0.3) is 0 Å². The largest absolute Gasteiger partial charge is 0.479 e. The van der Waals surface area contributed by atoms with Crippen LogP contribution in [0.15, 0.2) is 36.0 Å². The van der Waals surface area contributed by atoms with Crippen LogP contribution in [0.4, 0.5) is 0 Å². The Labute approximate surface area is 337 Å². The normalized spacial score (nSPS) is 45.4. The summed E-state index contributed by atoms with van der Waals surface area (Å²) in [6.07, 6.45) is 9.37. The maximum atomic E-state index is 11.6. The lowest BCUT2D eigenvalue weighted by Crippen LogP contribution is -2.60. The van der Waals surface area contributed by atoms with Crippen LogP contribution in [0.25, 0.3) is 0 Å². The van der Waals surface area contributed by atoms with Crippen LogP contribution in [-0.4, -0.2) is 122 Å². The molecule has 6 fully saturated rings. The number of hydrogen-bond donors (Lipinski definition) is 5. The van der Waals surface area contributed by atoms with Gasteiger partial charge in [0.05, 0.1) is 43.2 Å². The van der Waals surface area contributed by atoms with Gasteiger partial charge in [-0.05, 0) is 95.1 Å². The molecule has 3 spiro atoms. The fraction of sp³-hybridized carbons (Fsp3) is 0.841. The van der Waals surface area contributed by atoms with Crippen molar-refractivity contribution in [1.29, 1.82) is 0 Å². The van der Waals surface area contributed by atoms with E-state index in [1.54, 1.807) is 6.08 Å². The minimum absolute atomic E-state index is 0.0423. The van der Waals surface area contributed by atoms with Gasteiger partial charge in [-0.1, -0.05) is 45.1 Å². The number of hydrogen-bond acceptors (Lipinski definition) is 12. The van der Waals surface area contributed by atoms with Crippen molar-refractivity contribution in [3.8, 4) is 0 Å². The standard InChI is InChI=1S/C44H68O13/c1-25-21-34(55-44(23-25)35(46)12-11-31(54-44)24-41(6,50)40(48)49)26(2)9-10-30-14-18-43(53-30)19-15-33-39(57-43)36(47)29(5)38(52-33)32(45)22-28(4)37-27(3)13-17-42(56-37)16-7-8-20-51-42/h9-10,23,26-28,30-39,45-47,50H,5,7-8,11-22,24H2,1-4,6H3,(H,48,49)/b10-9+/t26-,27-,28+,30+,31+,32+,33-,34+,35+,36-,37+,38+,39-,41-,42+,43-,44-/m1/s1. The molecular weight excluding hydrogens is 736 g/mol. The summed E-state index contributed by atoms with van der Waals surface area (Å²) in [7, 11) is 0. The number of carbonyl (C=O) groups is 1. The predicted molar refractivity (Wildman–Crippen MR) is 208 cm³/mol. The van der Waals surface area contributed by atoms with Gasteiger partial charge in [-0.2, -0.15) is 0 Å². The molecule has 0 radical (unpaired) electrons. The second kappa shape index (κ2) is 17.0. The second-order valence-electron chi connectivity index (χ2n) is 18.9. The minimum Gasteiger partial charge on any atom is -0.479 e. The van der Waals surface area contributed by atoms with Gasteiger partial charge >= 0.3 is 5.97 Å². The molecule has 0 aliphatic carbocycles. The molecule has 0 saturated carbocycles. The molecule has 7 heterocycles. The van der Waals surface area contributed by atoms with E-state index in [0.717, 1.165) is 50.7 Å². The zero-order chi connectivity index (χ0) is 40.9. The predicted octanol–water partition coefficient (Wildman–Crippen LogP) is 5.21. The van der Waals surface area contributed by atoms with Crippen molar-refractivity contribution in [3.63, 3.8) is 0 Å². The maximum Gasteiger partial charge on any atom is 0.335 e. The maximum absolute atomic E-state index is 11.6. The number of rotatable bonds is 10. The molecule has 7 aliphatic heterocycles. The average Bonchev–Trinajstić information content (AvgIpc) is 3.56. The lowest BCUT2D eigenvalue weighted by molar-refractivity contribution is -0.321. The van der Waals surface area contributed by atoms with Crippen molar-refractivity contribution in [3.05, 3.63) is 36.0 Å². The van der Waals surface area contributed by atoms with Crippen molar-refractivity contribution in [2.75, 3.05) is 6.61 Å². The zero-order valence-corrected chi connectivity index (χ0v) is 34.6. The Morgan fingerprint density at radius 2 is 1.75 bits per heavy atom. The summed E-state index contributed by atoms with van der Waals surface area (Å²) in [6, 6.07) is 0.